The summed E-state index contributed by atoms with van der Waals surface area (Å²) < 4.78 is 26.8. The van der Waals surface area contributed by atoms with Gasteiger partial charge in [0.05, 0.1) is 11.4 Å². The van der Waals surface area contributed by atoms with Crippen LogP contribution in [0.4, 0.5) is 8.78 Å². The first-order valence-electron chi connectivity index (χ1n) is 4.82. The second-order valence-corrected chi connectivity index (χ2v) is 4.45. The Morgan fingerprint density at radius 3 is 2.44 bits per heavy atom. The maximum Gasteiger partial charge on any atom is 0.304 e. The topological polar surface area (TPSA) is 37.3 Å². The van der Waals surface area contributed by atoms with Crippen molar-refractivity contribution in [2.75, 3.05) is 0 Å². The first kappa shape index (κ1) is 11.3. The Morgan fingerprint density at radius 1 is 1.38 bits per heavy atom. The summed E-state index contributed by atoms with van der Waals surface area (Å²) in [5, 5.41) is 8.45. The van der Waals surface area contributed by atoms with Crippen molar-refractivity contribution in [1.29, 1.82) is 0 Å². The lowest BCUT2D eigenvalue weighted by atomic mass is 9.92. The molecular formula is C11H9ClF2O2. The summed E-state index contributed by atoms with van der Waals surface area (Å²) in [4.78, 5) is 10.7. The molecule has 0 saturated heterocycles. The molecule has 0 aliphatic heterocycles. The Kier molecular flexibility index (Phi) is 2.62. The average molecular weight is 247 g/mol. The van der Waals surface area contributed by atoms with Crippen LogP contribution in [0.1, 0.15) is 24.8 Å². The fraction of sp³-hybridized carbons (Fsp3) is 0.364. The number of rotatable bonds is 3. The zero-order chi connectivity index (χ0) is 11.9. The quantitative estimate of drug-likeness (QED) is 0.832. The summed E-state index contributed by atoms with van der Waals surface area (Å²) in [7, 11) is 0. The van der Waals surface area contributed by atoms with E-state index in [2.05, 4.69) is 0 Å². The van der Waals surface area contributed by atoms with Gasteiger partial charge in [-0.1, -0.05) is 11.6 Å². The maximum absolute atomic E-state index is 13.6. The summed E-state index contributed by atoms with van der Waals surface area (Å²) in [5.41, 5.74) is -0.800. The van der Waals surface area contributed by atoms with E-state index < -0.39 is 23.0 Å². The number of hydrogen-bond acceptors (Lipinski definition) is 1. The van der Waals surface area contributed by atoms with Crippen LogP contribution in [0.5, 0.6) is 0 Å². The van der Waals surface area contributed by atoms with Gasteiger partial charge in [-0.3, -0.25) is 4.79 Å². The lowest BCUT2D eigenvalue weighted by Gasteiger charge is -2.16. The van der Waals surface area contributed by atoms with Crippen LogP contribution in [-0.4, -0.2) is 11.1 Å². The molecule has 0 unspecified atom stereocenters. The van der Waals surface area contributed by atoms with Gasteiger partial charge in [0.1, 0.15) is 11.6 Å². The zero-order valence-electron chi connectivity index (χ0n) is 8.27. The van der Waals surface area contributed by atoms with Crippen LogP contribution in [0.2, 0.25) is 5.02 Å². The molecule has 0 spiro atoms. The number of carboxylic acid groups (broad SMARTS) is 1. The molecule has 0 heterocycles. The van der Waals surface area contributed by atoms with Crippen molar-refractivity contribution in [1.82, 2.24) is 0 Å². The van der Waals surface area contributed by atoms with Crippen LogP contribution in [0.3, 0.4) is 0 Å². The van der Waals surface area contributed by atoms with E-state index in [-0.39, 0.29) is 17.0 Å². The molecular weight excluding hydrogens is 238 g/mol. The summed E-state index contributed by atoms with van der Waals surface area (Å²) in [6, 6.07) is 1.93. The van der Waals surface area contributed by atoms with Crippen molar-refractivity contribution in [3.63, 3.8) is 0 Å². The summed E-state index contributed by atoms with van der Waals surface area (Å²) in [6.07, 6.45) is 0.839. The minimum absolute atomic E-state index is 0.0107. The van der Waals surface area contributed by atoms with E-state index >= 15 is 0 Å². The van der Waals surface area contributed by atoms with Crippen LogP contribution < -0.4 is 0 Å². The summed E-state index contributed by atoms with van der Waals surface area (Å²) in [5.74, 6) is -2.38. The molecule has 2 rings (SSSR count). The fourth-order valence-electron chi connectivity index (χ4n) is 1.97. The van der Waals surface area contributed by atoms with Gasteiger partial charge < -0.3 is 5.11 Å². The zero-order valence-corrected chi connectivity index (χ0v) is 9.02. The molecule has 1 aromatic carbocycles. The van der Waals surface area contributed by atoms with Crippen molar-refractivity contribution in [2.45, 2.75) is 24.7 Å². The van der Waals surface area contributed by atoms with Gasteiger partial charge in [0.25, 0.3) is 0 Å². The third-order valence-electron chi connectivity index (χ3n) is 2.92. The molecule has 0 amide bonds. The van der Waals surface area contributed by atoms with Crippen molar-refractivity contribution >= 4 is 17.6 Å². The van der Waals surface area contributed by atoms with Gasteiger partial charge >= 0.3 is 5.97 Å². The van der Waals surface area contributed by atoms with Crippen molar-refractivity contribution in [3.8, 4) is 0 Å². The van der Waals surface area contributed by atoms with E-state index in [0.29, 0.717) is 12.8 Å². The van der Waals surface area contributed by atoms with Gasteiger partial charge in [-0.05, 0) is 25.0 Å². The first-order valence-corrected chi connectivity index (χ1v) is 5.20. The molecule has 0 bridgehead atoms. The van der Waals surface area contributed by atoms with Crippen molar-refractivity contribution in [2.24, 2.45) is 0 Å². The van der Waals surface area contributed by atoms with Gasteiger partial charge in [-0.15, -0.1) is 0 Å². The third kappa shape index (κ3) is 1.78. The lowest BCUT2D eigenvalue weighted by molar-refractivity contribution is -0.137. The summed E-state index contributed by atoms with van der Waals surface area (Å²) in [6.45, 7) is 0. The normalized spacial score (nSPS) is 17.2. The Bertz CT molecular complexity index is 456. The molecule has 2 nitrogen and oxygen atoms in total. The molecule has 1 aliphatic rings. The average Bonchev–Trinajstić information content (AvgIpc) is 2.92. The molecule has 1 N–H and O–H groups in total. The number of carbonyl (C=O) groups is 1. The molecule has 5 heteroatoms. The van der Waals surface area contributed by atoms with Crippen LogP contribution in [-0.2, 0) is 10.2 Å². The molecule has 1 aliphatic carbocycles. The van der Waals surface area contributed by atoms with Crippen LogP contribution >= 0.6 is 11.6 Å². The van der Waals surface area contributed by atoms with Gasteiger partial charge in [0.2, 0.25) is 0 Å². The second-order valence-electron chi connectivity index (χ2n) is 4.07. The largest absolute Gasteiger partial charge is 0.481 e. The third-order valence-corrected chi connectivity index (χ3v) is 3.29. The minimum Gasteiger partial charge on any atom is -0.481 e. The predicted octanol–water partition coefficient (Wildman–Crippen LogP) is 3.12. The Balaban J connectivity index is 2.48. The molecule has 0 aromatic heterocycles. The first-order chi connectivity index (χ1) is 7.46. The van der Waals surface area contributed by atoms with Crippen molar-refractivity contribution in [3.05, 3.63) is 34.4 Å². The van der Waals surface area contributed by atoms with Crippen LogP contribution in [0, 0.1) is 11.6 Å². The molecule has 1 fully saturated rings. The molecule has 86 valence electrons. The Labute approximate surface area is 95.8 Å². The Hall–Kier alpha value is -1.16. The van der Waals surface area contributed by atoms with Crippen molar-refractivity contribution < 1.29 is 18.7 Å². The molecule has 1 saturated carbocycles. The van der Waals surface area contributed by atoms with E-state index in [1.165, 1.54) is 0 Å². The van der Waals surface area contributed by atoms with Gasteiger partial charge in [0, 0.05) is 11.0 Å². The number of halogens is 3. The molecule has 16 heavy (non-hydrogen) atoms. The Morgan fingerprint density at radius 2 is 1.94 bits per heavy atom. The lowest BCUT2D eigenvalue weighted by Crippen LogP contribution is -2.16. The fourth-order valence-corrected chi connectivity index (χ4v) is 2.32. The number of carboxylic acids is 1. The molecule has 0 atom stereocenters. The van der Waals surface area contributed by atoms with E-state index in [1.54, 1.807) is 0 Å². The number of benzene rings is 1. The highest BCUT2D eigenvalue weighted by Gasteiger charge is 2.49. The SMILES string of the molecule is O=C(O)CC1(c2c(F)ccc(F)c2Cl)CC1. The maximum atomic E-state index is 13.6. The highest BCUT2D eigenvalue weighted by molar-refractivity contribution is 6.31. The summed E-state index contributed by atoms with van der Waals surface area (Å²) >= 11 is 5.70. The molecule has 0 radical (unpaired) electrons. The van der Waals surface area contributed by atoms with E-state index in [9.17, 15) is 13.6 Å². The minimum atomic E-state index is -1.03. The van der Waals surface area contributed by atoms with E-state index in [0.717, 1.165) is 12.1 Å². The van der Waals surface area contributed by atoms with Gasteiger partial charge in [0.15, 0.2) is 0 Å². The van der Waals surface area contributed by atoms with Gasteiger partial charge in [-0.2, -0.15) is 0 Å². The van der Waals surface area contributed by atoms with Crippen LogP contribution in [0.15, 0.2) is 12.1 Å². The smallest absolute Gasteiger partial charge is 0.304 e. The predicted molar refractivity (Wildman–Crippen MR) is 54.5 cm³/mol. The van der Waals surface area contributed by atoms with E-state index in [4.69, 9.17) is 16.7 Å². The molecule has 1 aromatic rings. The second kappa shape index (κ2) is 3.70. The van der Waals surface area contributed by atoms with Crippen LogP contribution in [0.25, 0.3) is 0 Å². The highest BCUT2D eigenvalue weighted by Crippen LogP contribution is 2.54. The monoisotopic (exact) mass is 246 g/mol. The van der Waals surface area contributed by atoms with Gasteiger partial charge in [-0.25, -0.2) is 8.78 Å². The number of aliphatic carboxylic acids is 1. The standard InChI is InChI=1S/C11H9ClF2O2/c12-10-7(14)2-1-6(13)9(10)11(3-4-11)5-8(15)16/h1-2H,3-5H2,(H,15,16). The highest BCUT2D eigenvalue weighted by atomic mass is 35.5. The number of hydrogen-bond donors (Lipinski definition) is 1. The van der Waals surface area contributed by atoms with E-state index in [1.807, 2.05) is 0 Å².